The monoisotopic (exact) mass is 330 g/mol. The Hall–Kier alpha value is -0.820. The fourth-order valence-electron chi connectivity index (χ4n) is 6.80. The highest BCUT2D eigenvalue weighted by molar-refractivity contribution is 5.37. The number of aliphatic hydroxyl groups excluding tert-OH is 2. The van der Waals surface area contributed by atoms with Crippen LogP contribution >= 0.6 is 0 Å². The van der Waals surface area contributed by atoms with E-state index in [9.17, 15) is 15.3 Å². The number of aliphatic hydroxyl groups is 3. The maximum atomic E-state index is 11.4. The molecule has 0 aromatic heterocycles. The number of terminal acetylenes is 1. The van der Waals surface area contributed by atoms with Crippen LogP contribution in [0.25, 0.3) is 0 Å². The van der Waals surface area contributed by atoms with Gasteiger partial charge in [-0.05, 0) is 73.7 Å². The van der Waals surface area contributed by atoms with Crippen LogP contribution in [-0.2, 0) is 0 Å². The van der Waals surface area contributed by atoms with Crippen molar-refractivity contribution in [3.8, 4) is 12.3 Å². The van der Waals surface area contributed by atoms with E-state index in [-0.39, 0.29) is 34.9 Å². The zero-order valence-electron chi connectivity index (χ0n) is 14.8. The first-order chi connectivity index (χ1) is 11.2. The Morgan fingerprint density at radius 1 is 1.08 bits per heavy atom. The van der Waals surface area contributed by atoms with Crippen molar-refractivity contribution < 1.29 is 15.3 Å². The molecule has 4 aliphatic carbocycles. The van der Waals surface area contributed by atoms with E-state index in [1.165, 1.54) is 0 Å². The molecule has 3 N–H and O–H groups in total. The Kier molecular flexibility index (Phi) is 3.53. The van der Waals surface area contributed by atoms with Gasteiger partial charge in [-0.1, -0.05) is 25.3 Å². The molecule has 0 heterocycles. The van der Waals surface area contributed by atoms with Crippen LogP contribution in [0.15, 0.2) is 11.6 Å². The molecule has 3 nitrogen and oxygen atoms in total. The molecule has 3 heteroatoms. The summed E-state index contributed by atoms with van der Waals surface area (Å²) in [6.45, 7) is 4.50. The highest BCUT2D eigenvalue weighted by Crippen LogP contribution is 2.66. The summed E-state index contributed by atoms with van der Waals surface area (Å²) in [5.74, 6) is 3.34. The summed E-state index contributed by atoms with van der Waals surface area (Å²) in [6.07, 6.45) is 13.4. The molecule has 0 radical (unpaired) electrons. The van der Waals surface area contributed by atoms with Gasteiger partial charge < -0.3 is 15.3 Å². The number of rotatable bonds is 0. The average molecular weight is 330 g/mol. The Bertz CT molecular complexity index is 619. The Balaban J connectivity index is 1.83. The van der Waals surface area contributed by atoms with E-state index in [4.69, 9.17) is 6.42 Å². The maximum Gasteiger partial charge on any atom is 0.147 e. The lowest BCUT2D eigenvalue weighted by Crippen LogP contribution is -2.59. The van der Waals surface area contributed by atoms with E-state index in [2.05, 4.69) is 19.8 Å². The van der Waals surface area contributed by atoms with E-state index < -0.39 is 5.60 Å². The van der Waals surface area contributed by atoms with Gasteiger partial charge in [-0.15, -0.1) is 6.42 Å². The third-order valence-corrected chi connectivity index (χ3v) is 8.36. The highest BCUT2D eigenvalue weighted by atomic mass is 16.3. The summed E-state index contributed by atoms with van der Waals surface area (Å²) in [6, 6.07) is 0. The van der Waals surface area contributed by atoms with Crippen LogP contribution in [0, 0.1) is 40.9 Å². The average Bonchev–Trinajstić information content (AvgIpc) is 2.85. The Morgan fingerprint density at radius 2 is 1.83 bits per heavy atom. The fourth-order valence-corrected chi connectivity index (χ4v) is 6.80. The second-order valence-electron chi connectivity index (χ2n) is 9.33. The van der Waals surface area contributed by atoms with E-state index in [1.807, 2.05) is 6.08 Å². The molecule has 0 aliphatic heterocycles. The molecular weight excluding hydrogens is 300 g/mol. The zero-order valence-corrected chi connectivity index (χ0v) is 14.8. The molecule has 0 spiro atoms. The smallest absolute Gasteiger partial charge is 0.147 e. The normalized spacial score (nSPS) is 56.5. The standard InChI is InChI=1S/C21H30O3/c1-4-21(24)12-13-11-14(22)7-9-19(13,2)16-8-10-20(3)15(18(16)21)5-6-17(20)23/h1,12,14-18,22-24H,5-11H2,2-3H3/t14-,15-,16-,17-,18-,19-,20-,21-/m0/s1. The summed E-state index contributed by atoms with van der Waals surface area (Å²) in [5.41, 5.74) is -0.179. The van der Waals surface area contributed by atoms with E-state index in [0.29, 0.717) is 12.3 Å². The molecule has 8 atom stereocenters. The van der Waals surface area contributed by atoms with Crippen LogP contribution in [0.3, 0.4) is 0 Å². The van der Waals surface area contributed by atoms with Crippen LogP contribution in [0.1, 0.15) is 58.8 Å². The lowest BCUT2D eigenvalue weighted by molar-refractivity contribution is -0.125. The van der Waals surface area contributed by atoms with E-state index in [1.54, 1.807) is 0 Å². The first-order valence-electron chi connectivity index (χ1n) is 9.53. The van der Waals surface area contributed by atoms with Gasteiger partial charge in [0.2, 0.25) is 0 Å². The molecule has 3 saturated carbocycles. The number of hydrogen-bond acceptors (Lipinski definition) is 3. The topological polar surface area (TPSA) is 60.7 Å². The van der Waals surface area contributed by atoms with Gasteiger partial charge in [0.25, 0.3) is 0 Å². The molecule has 4 aliphatic rings. The molecule has 132 valence electrons. The van der Waals surface area contributed by atoms with E-state index in [0.717, 1.165) is 44.1 Å². The maximum absolute atomic E-state index is 11.4. The largest absolute Gasteiger partial charge is 0.393 e. The van der Waals surface area contributed by atoms with Gasteiger partial charge in [-0.3, -0.25) is 0 Å². The number of hydrogen-bond donors (Lipinski definition) is 3. The van der Waals surface area contributed by atoms with Crippen LogP contribution < -0.4 is 0 Å². The highest BCUT2D eigenvalue weighted by Gasteiger charge is 2.64. The summed E-state index contributed by atoms with van der Waals surface area (Å²) < 4.78 is 0. The van der Waals surface area contributed by atoms with E-state index >= 15 is 0 Å². The predicted octanol–water partition coefficient (Wildman–Crippen LogP) is 2.65. The zero-order chi connectivity index (χ0) is 17.3. The molecule has 3 fully saturated rings. The van der Waals surface area contributed by atoms with Crippen molar-refractivity contribution in [2.24, 2.45) is 28.6 Å². The van der Waals surface area contributed by atoms with Crippen molar-refractivity contribution in [1.29, 1.82) is 0 Å². The minimum absolute atomic E-state index is 0.0161. The first-order valence-corrected chi connectivity index (χ1v) is 9.53. The van der Waals surface area contributed by atoms with Gasteiger partial charge in [-0.2, -0.15) is 0 Å². The molecule has 0 amide bonds. The lowest BCUT2D eigenvalue weighted by Gasteiger charge is -2.60. The second kappa shape index (κ2) is 5.10. The SMILES string of the molecule is C#C[C@]1(O)C=C2C[C@@H](O)CC[C@]2(C)[C@H]2CC[C@]3(C)[C@@H](O)CC[C@H]3[C@@H]21. The predicted molar refractivity (Wildman–Crippen MR) is 92.9 cm³/mol. The van der Waals surface area contributed by atoms with Crippen LogP contribution in [-0.4, -0.2) is 33.1 Å². The van der Waals surface area contributed by atoms with Crippen molar-refractivity contribution in [3.05, 3.63) is 11.6 Å². The molecule has 0 aromatic rings. The van der Waals surface area contributed by atoms with Crippen LogP contribution in [0.5, 0.6) is 0 Å². The third kappa shape index (κ3) is 1.97. The van der Waals surface area contributed by atoms with Crippen molar-refractivity contribution >= 4 is 0 Å². The van der Waals surface area contributed by atoms with Gasteiger partial charge in [0.05, 0.1) is 12.2 Å². The molecular formula is C21H30O3. The van der Waals surface area contributed by atoms with Gasteiger partial charge >= 0.3 is 0 Å². The number of fused-ring (bicyclic) bond motifs is 5. The molecule has 0 unspecified atom stereocenters. The quantitative estimate of drug-likeness (QED) is 0.473. The van der Waals surface area contributed by atoms with Gasteiger partial charge in [0.1, 0.15) is 5.60 Å². The van der Waals surface area contributed by atoms with Gasteiger partial charge in [0, 0.05) is 5.92 Å². The summed E-state index contributed by atoms with van der Waals surface area (Å²) in [7, 11) is 0. The lowest BCUT2D eigenvalue weighted by atomic mass is 9.45. The fraction of sp³-hybridized carbons (Fsp3) is 0.810. The van der Waals surface area contributed by atoms with Crippen LogP contribution in [0.4, 0.5) is 0 Å². The van der Waals surface area contributed by atoms with Crippen molar-refractivity contribution in [2.45, 2.75) is 76.6 Å². The first kappa shape index (κ1) is 16.6. The molecule has 4 rings (SSSR count). The third-order valence-electron chi connectivity index (χ3n) is 8.36. The van der Waals surface area contributed by atoms with Gasteiger partial charge in [-0.25, -0.2) is 0 Å². The van der Waals surface area contributed by atoms with Crippen molar-refractivity contribution in [3.63, 3.8) is 0 Å². The molecule has 24 heavy (non-hydrogen) atoms. The Morgan fingerprint density at radius 3 is 2.54 bits per heavy atom. The second-order valence-corrected chi connectivity index (χ2v) is 9.33. The minimum atomic E-state index is -1.24. The molecule has 0 saturated heterocycles. The Labute approximate surface area is 145 Å². The van der Waals surface area contributed by atoms with Gasteiger partial charge in [0.15, 0.2) is 0 Å². The molecule has 0 aromatic carbocycles. The molecule has 0 bridgehead atoms. The van der Waals surface area contributed by atoms with Crippen LogP contribution in [0.2, 0.25) is 0 Å². The van der Waals surface area contributed by atoms with Crippen molar-refractivity contribution in [2.75, 3.05) is 0 Å². The summed E-state index contributed by atoms with van der Waals surface area (Å²) in [4.78, 5) is 0. The summed E-state index contributed by atoms with van der Waals surface area (Å²) in [5, 5.41) is 32.1. The minimum Gasteiger partial charge on any atom is -0.393 e. The summed E-state index contributed by atoms with van der Waals surface area (Å²) >= 11 is 0. The van der Waals surface area contributed by atoms with Crippen molar-refractivity contribution in [1.82, 2.24) is 0 Å².